The summed E-state index contributed by atoms with van der Waals surface area (Å²) in [7, 11) is 1.50. The van der Waals surface area contributed by atoms with Crippen molar-refractivity contribution in [3.05, 3.63) is 54.1 Å². The van der Waals surface area contributed by atoms with Crippen LogP contribution in [0.1, 0.15) is 12.0 Å². The van der Waals surface area contributed by atoms with Crippen molar-refractivity contribution in [3.8, 4) is 11.5 Å². The lowest BCUT2D eigenvalue weighted by atomic mass is 10.2. The number of amides is 1. The molecule has 0 heterocycles. The van der Waals surface area contributed by atoms with Crippen LogP contribution in [0.15, 0.2) is 48.5 Å². The van der Waals surface area contributed by atoms with Crippen molar-refractivity contribution in [2.75, 3.05) is 19.0 Å². The van der Waals surface area contributed by atoms with Gasteiger partial charge in [0.15, 0.2) is 11.5 Å². The number of hydrogen-bond donors (Lipinski definition) is 1. The van der Waals surface area contributed by atoms with Crippen molar-refractivity contribution in [1.29, 1.82) is 0 Å². The number of hydrogen-bond acceptors (Lipinski definition) is 3. The van der Waals surface area contributed by atoms with Crippen LogP contribution in [0.4, 0.5) is 18.9 Å². The fraction of sp³-hybridized carbons (Fsp3) is 0.235. The number of carbonyl (C=O) groups excluding carboxylic acids is 1. The predicted molar refractivity (Wildman–Crippen MR) is 83.2 cm³/mol. The summed E-state index contributed by atoms with van der Waals surface area (Å²) in [6.45, 7) is 0.0746. The van der Waals surface area contributed by atoms with E-state index in [1.54, 1.807) is 24.3 Å². The Hall–Kier alpha value is -2.70. The summed E-state index contributed by atoms with van der Waals surface area (Å²) in [5.74, 6) is 0.590. The van der Waals surface area contributed by atoms with Gasteiger partial charge in [-0.3, -0.25) is 4.79 Å². The van der Waals surface area contributed by atoms with Gasteiger partial charge in [0.05, 0.1) is 25.7 Å². The van der Waals surface area contributed by atoms with E-state index in [1.807, 2.05) is 0 Å². The number of alkyl halides is 3. The molecule has 4 nitrogen and oxygen atoms in total. The van der Waals surface area contributed by atoms with Crippen molar-refractivity contribution in [3.63, 3.8) is 0 Å². The number of carbonyl (C=O) groups is 1. The smallest absolute Gasteiger partial charge is 0.416 e. The molecule has 2 aromatic carbocycles. The Labute approximate surface area is 137 Å². The Morgan fingerprint density at radius 2 is 1.79 bits per heavy atom. The van der Waals surface area contributed by atoms with E-state index in [9.17, 15) is 18.0 Å². The van der Waals surface area contributed by atoms with Crippen LogP contribution in [0.2, 0.25) is 0 Å². The highest BCUT2D eigenvalue weighted by atomic mass is 19.4. The lowest BCUT2D eigenvalue weighted by molar-refractivity contribution is -0.137. The Balaban J connectivity index is 1.88. The highest BCUT2D eigenvalue weighted by Gasteiger charge is 2.30. The van der Waals surface area contributed by atoms with Gasteiger partial charge in [0.25, 0.3) is 0 Å². The lowest BCUT2D eigenvalue weighted by Crippen LogP contribution is -2.16. The second-order valence-electron chi connectivity index (χ2n) is 4.88. The van der Waals surface area contributed by atoms with Gasteiger partial charge in [-0.05, 0) is 30.3 Å². The third-order valence-electron chi connectivity index (χ3n) is 3.13. The van der Waals surface area contributed by atoms with Gasteiger partial charge in [0.1, 0.15) is 0 Å². The van der Waals surface area contributed by atoms with E-state index in [1.165, 1.54) is 19.2 Å². The van der Waals surface area contributed by atoms with E-state index in [4.69, 9.17) is 9.47 Å². The lowest BCUT2D eigenvalue weighted by Gasteiger charge is -2.11. The fourth-order valence-corrected chi connectivity index (χ4v) is 1.99. The molecule has 0 bridgehead atoms. The van der Waals surface area contributed by atoms with Crippen molar-refractivity contribution >= 4 is 11.6 Å². The summed E-state index contributed by atoms with van der Waals surface area (Å²) < 4.78 is 48.4. The monoisotopic (exact) mass is 339 g/mol. The van der Waals surface area contributed by atoms with Crippen LogP contribution in [0.5, 0.6) is 11.5 Å². The van der Waals surface area contributed by atoms with Crippen LogP contribution in [0.3, 0.4) is 0 Å². The van der Waals surface area contributed by atoms with Crippen LogP contribution < -0.4 is 14.8 Å². The van der Waals surface area contributed by atoms with Gasteiger partial charge in [-0.15, -0.1) is 0 Å². The van der Waals surface area contributed by atoms with Gasteiger partial charge in [-0.1, -0.05) is 18.2 Å². The van der Waals surface area contributed by atoms with Crippen LogP contribution in [0, 0.1) is 0 Å². The average molecular weight is 339 g/mol. The van der Waals surface area contributed by atoms with Crippen LogP contribution >= 0.6 is 0 Å². The average Bonchev–Trinajstić information content (AvgIpc) is 2.55. The molecule has 24 heavy (non-hydrogen) atoms. The van der Waals surface area contributed by atoms with E-state index in [2.05, 4.69) is 5.32 Å². The van der Waals surface area contributed by atoms with Gasteiger partial charge in [0, 0.05) is 5.69 Å². The zero-order valence-electron chi connectivity index (χ0n) is 12.9. The first-order valence-corrected chi connectivity index (χ1v) is 7.13. The van der Waals surface area contributed by atoms with Gasteiger partial charge < -0.3 is 14.8 Å². The summed E-state index contributed by atoms with van der Waals surface area (Å²) in [5.41, 5.74) is -0.724. The van der Waals surface area contributed by atoms with Crippen molar-refractivity contribution in [2.45, 2.75) is 12.6 Å². The molecule has 2 aromatic rings. The van der Waals surface area contributed by atoms with Crippen LogP contribution in [0.25, 0.3) is 0 Å². The molecule has 2 rings (SSSR count). The molecule has 0 unspecified atom stereocenters. The molecular formula is C17H16F3NO3. The van der Waals surface area contributed by atoms with Gasteiger partial charge in [0.2, 0.25) is 5.91 Å². The molecule has 0 spiro atoms. The quantitative estimate of drug-likeness (QED) is 0.861. The minimum atomic E-state index is -4.45. The Bertz CT molecular complexity index is 701. The molecule has 0 aliphatic carbocycles. The zero-order valence-corrected chi connectivity index (χ0v) is 12.9. The van der Waals surface area contributed by atoms with E-state index in [0.717, 1.165) is 12.1 Å². The van der Waals surface area contributed by atoms with E-state index < -0.39 is 17.6 Å². The highest BCUT2D eigenvalue weighted by Crippen LogP contribution is 2.30. The van der Waals surface area contributed by atoms with Gasteiger partial charge in [-0.2, -0.15) is 13.2 Å². The van der Waals surface area contributed by atoms with Crippen molar-refractivity contribution < 1.29 is 27.4 Å². The third kappa shape index (κ3) is 4.91. The number of benzene rings is 2. The fourth-order valence-electron chi connectivity index (χ4n) is 1.99. The molecular weight excluding hydrogens is 323 g/mol. The molecule has 7 heteroatoms. The number of methoxy groups -OCH3 is 1. The second-order valence-corrected chi connectivity index (χ2v) is 4.88. The minimum absolute atomic E-state index is 0.00566. The molecule has 128 valence electrons. The summed E-state index contributed by atoms with van der Waals surface area (Å²) in [4.78, 5) is 11.8. The summed E-state index contributed by atoms with van der Waals surface area (Å²) in [6.07, 6.45) is -4.46. The largest absolute Gasteiger partial charge is 0.493 e. The molecule has 0 aliphatic rings. The summed E-state index contributed by atoms with van der Waals surface area (Å²) >= 11 is 0. The molecule has 0 aliphatic heterocycles. The molecule has 0 atom stereocenters. The second kappa shape index (κ2) is 7.72. The number of anilines is 1. The first kappa shape index (κ1) is 17.7. The van der Waals surface area contributed by atoms with Gasteiger partial charge >= 0.3 is 6.18 Å². The Morgan fingerprint density at radius 3 is 2.46 bits per heavy atom. The van der Waals surface area contributed by atoms with E-state index in [-0.39, 0.29) is 18.7 Å². The molecule has 0 fully saturated rings. The van der Waals surface area contributed by atoms with Crippen molar-refractivity contribution in [2.24, 2.45) is 0 Å². The SMILES string of the molecule is COc1ccccc1OCCC(=O)Nc1cccc(C(F)(F)F)c1. The maximum absolute atomic E-state index is 12.6. The number of rotatable bonds is 6. The van der Waals surface area contributed by atoms with E-state index in [0.29, 0.717) is 11.5 Å². The molecule has 0 saturated heterocycles. The highest BCUT2D eigenvalue weighted by molar-refractivity contribution is 5.90. The number of nitrogens with one attached hydrogen (secondary N) is 1. The number of para-hydroxylation sites is 2. The first-order valence-electron chi connectivity index (χ1n) is 7.13. The van der Waals surface area contributed by atoms with E-state index >= 15 is 0 Å². The number of halogens is 3. The maximum atomic E-state index is 12.6. The molecule has 1 amide bonds. The van der Waals surface area contributed by atoms with Crippen LogP contribution in [-0.2, 0) is 11.0 Å². The van der Waals surface area contributed by atoms with Crippen molar-refractivity contribution in [1.82, 2.24) is 0 Å². The summed E-state index contributed by atoms with van der Waals surface area (Å²) in [6, 6.07) is 11.4. The topological polar surface area (TPSA) is 47.6 Å². The molecule has 0 saturated carbocycles. The molecule has 0 aromatic heterocycles. The van der Waals surface area contributed by atoms with Crippen LogP contribution in [-0.4, -0.2) is 19.6 Å². The Morgan fingerprint density at radius 1 is 1.08 bits per heavy atom. The maximum Gasteiger partial charge on any atom is 0.416 e. The normalized spacial score (nSPS) is 11.0. The minimum Gasteiger partial charge on any atom is -0.493 e. The predicted octanol–water partition coefficient (Wildman–Crippen LogP) is 4.12. The third-order valence-corrected chi connectivity index (χ3v) is 3.13. The Kier molecular flexibility index (Phi) is 5.68. The number of ether oxygens (including phenoxy) is 2. The standard InChI is InChI=1S/C17H16F3NO3/c1-23-14-7-2-3-8-15(14)24-10-9-16(22)21-13-6-4-5-12(11-13)17(18,19)20/h2-8,11H,9-10H2,1H3,(H,21,22). The molecule has 0 radical (unpaired) electrons. The summed E-state index contributed by atoms with van der Waals surface area (Å²) in [5, 5.41) is 2.42. The molecule has 1 N–H and O–H groups in total. The first-order chi connectivity index (χ1) is 11.4. The zero-order chi connectivity index (χ0) is 17.6. The van der Waals surface area contributed by atoms with Gasteiger partial charge in [-0.25, -0.2) is 0 Å².